The molecule has 0 amide bonds. The van der Waals surface area contributed by atoms with E-state index in [4.69, 9.17) is 0 Å². The third-order valence-electron chi connectivity index (χ3n) is 0.832. The fraction of sp³-hybridized carbons (Fsp3) is 0. The zero-order valence-electron chi connectivity index (χ0n) is 5.40. The smallest absolute Gasteiger partial charge is 0.0188 e. The van der Waals surface area contributed by atoms with Crippen molar-refractivity contribution in [3.63, 3.8) is 0 Å². The SMILES string of the molecule is BrSc1ccccc1.F.F.F. The van der Waals surface area contributed by atoms with Crippen LogP contribution >= 0.6 is 25.0 Å². The van der Waals surface area contributed by atoms with Gasteiger partial charge in [0.2, 0.25) is 0 Å². The summed E-state index contributed by atoms with van der Waals surface area (Å²) < 4.78 is 0. The van der Waals surface area contributed by atoms with Gasteiger partial charge in [-0.2, -0.15) is 0 Å². The second-order valence-electron chi connectivity index (χ2n) is 1.39. The lowest BCUT2D eigenvalue weighted by Crippen LogP contribution is -1.59. The molecule has 0 fully saturated rings. The Hall–Kier alpha value is -0.160. The average molecular weight is 249 g/mol. The van der Waals surface area contributed by atoms with Crippen molar-refractivity contribution in [2.75, 3.05) is 0 Å². The van der Waals surface area contributed by atoms with Gasteiger partial charge >= 0.3 is 0 Å². The van der Waals surface area contributed by atoms with Crippen LogP contribution in [0.25, 0.3) is 0 Å². The van der Waals surface area contributed by atoms with Crippen LogP contribution in [0.5, 0.6) is 0 Å². The lowest BCUT2D eigenvalue weighted by atomic mass is 10.4. The summed E-state index contributed by atoms with van der Waals surface area (Å²) in [6.07, 6.45) is 0. The fourth-order valence-electron chi connectivity index (χ4n) is 0.472. The van der Waals surface area contributed by atoms with Crippen LogP contribution in [0.3, 0.4) is 0 Å². The Morgan fingerprint density at radius 3 is 1.64 bits per heavy atom. The van der Waals surface area contributed by atoms with Gasteiger partial charge in [-0.1, -0.05) is 18.2 Å². The lowest BCUT2D eigenvalue weighted by molar-refractivity contribution is 1.11. The number of benzene rings is 1. The zero-order chi connectivity index (χ0) is 5.82. The summed E-state index contributed by atoms with van der Waals surface area (Å²) in [4.78, 5) is 1.24. The number of halogens is 4. The minimum Gasteiger partial charge on any atom is -0.269 e. The number of hydrogen-bond donors (Lipinski definition) is 0. The van der Waals surface area contributed by atoms with Gasteiger partial charge in [0.25, 0.3) is 0 Å². The maximum Gasteiger partial charge on any atom is 0.0188 e. The second-order valence-corrected chi connectivity index (χ2v) is 2.99. The molecule has 0 radical (unpaired) electrons. The topological polar surface area (TPSA) is 0 Å². The Labute approximate surface area is 74.7 Å². The van der Waals surface area contributed by atoms with Crippen molar-refractivity contribution >= 4 is 25.0 Å². The number of rotatable bonds is 1. The van der Waals surface area contributed by atoms with E-state index in [9.17, 15) is 0 Å². The highest BCUT2D eigenvalue weighted by atomic mass is 79.9. The predicted molar refractivity (Wildman–Crippen MR) is 48.7 cm³/mol. The molecule has 11 heavy (non-hydrogen) atoms. The van der Waals surface area contributed by atoms with Crippen molar-refractivity contribution in [1.29, 1.82) is 0 Å². The Bertz CT molecular complexity index is 159. The molecule has 0 aromatic heterocycles. The molecule has 0 saturated heterocycles. The van der Waals surface area contributed by atoms with Crippen LogP contribution < -0.4 is 0 Å². The first-order valence-corrected chi connectivity index (χ1v) is 4.93. The van der Waals surface area contributed by atoms with Gasteiger partial charge in [0.05, 0.1) is 0 Å². The highest BCUT2D eigenvalue weighted by Gasteiger charge is 1.82. The van der Waals surface area contributed by atoms with E-state index >= 15 is 0 Å². The summed E-state index contributed by atoms with van der Waals surface area (Å²) in [5.74, 6) is 0. The first kappa shape index (κ1) is 17.1. The molecule has 1 aromatic carbocycles. The molecule has 0 aliphatic rings. The van der Waals surface area contributed by atoms with Gasteiger partial charge in [-0.3, -0.25) is 14.1 Å². The molecule has 0 N–H and O–H groups in total. The van der Waals surface area contributed by atoms with E-state index in [-0.39, 0.29) is 14.1 Å². The highest BCUT2D eigenvalue weighted by Crippen LogP contribution is 2.22. The quantitative estimate of drug-likeness (QED) is 0.733. The summed E-state index contributed by atoms with van der Waals surface area (Å²) in [6.45, 7) is 0. The van der Waals surface area contributed by atoms with Crippen molar-refractivity contribution < 1.29 is 14.1 Å². The fourth-order valence-corrected chi connectivity index (χ4v) is 1.38. The largest absolute Gasteiger partial charge is 0.269 e. The predicted octanol–water partition coefficient (Wildman–Crippen LogP) is 3.55. The Kier molecular flexibility index (Phi) is 15.3. The average Bonchev–Trinajstić information content (AvgIpc) is 1.90. The van der Waals surface area contributed by atoms with Gasteiger partial charge in [-0.15, -0.1) is 0 Å². The van der Waals surface area contributed by atoms with Gasteiger partial charge in [0.1, 0.15) is 0 Å². The van der Waals surface area contributed by atoms with E-state index in [2.05, 4.69) is 26.9 Å². The molecule has 0 saturated carbocycles. The van der Waals surface area contributed by atoms with E-state index in [1.54, 1.807) is 10.2 Å². The van der Waals surface area contributed by atoms with Crippen LogP contribution in [0.15, 0.2) is 35.2 Å². The first-order valence-electron chi connectivity index (χ1n) is 2.27. The first-order chi connectivity index (χ1) is 3.93. The van der Waals surface area contributed by atoms with E-state index in [1.807, 2.05) is 18.2 Å². The Morgan fingerprint density at radius 1 is 0.909 bits per heavy atom. The maximum absolute atomic E-state index is 3.27. The van der Waals surface area contributed by atoms with Crippen molar-refractivity contribution in [2.24, 2.45) is 0 Å². The highest BCUT2D eigenvalue weighted by molar-refractivity contribution is 9.50. The standard InChI is InChI=1S/C6H5BrS.3FH/c7-8-6-4-2-1-3-5-6;;;/h1-5H;3*1H. The molecule has 0 aliphatic carbocycles. The molecule has 0 unspecified atom stereocenters. The third-order valence-corrected chi connectivity index (χ3v) is 2.40. The Morgan fingerprint density at radius 2 is 1.36 bits per heavy atom. The summed E-state index contributed by atoms with van der Waals surface area (Å²) in [5.41, 5.74) is 0. The zero-order valence-corrected chi connectivity index (χ0v) is 7.80. The van der Waals surface area contributed by atoms with E-state index in [0.717, 1.165) is 0 Å². The van der Waals surface area contributed by atoms with Crippen molar-refractivity contribution in [3.05, 3.63) is 30.3 Å². The summed E-state index contributed by atoms with van der Waals surface area (Å²) in [7, 11) is 1.58. The molecule has 0 aliphatic heterocycles. The van der Waals surface area contributed by atoms with Crippen molar-refractivity contribution in [1.82, 2.24) is 0 Å². The molecule has 1 aromatic rings. The number of hydrogen-bond acceptors (Lipinski definition) is 1. The van der Waals surface area contributed by atoms with Crippen LogP contribution in [0.4, 0.5) is 14.1 Å². The third kappa shape index (κ3) is 6.25. The molecule has 0 nitrogen and oxygen atoms in total. The van der Waals surface area contributed by atoms with Crippen LogP contribution in [0.1, 0.15) is 0 Å². The van der Waals surface area contributed by atoms with Crippen LogP contribution in [-0.2, 0) is 0 Å². The summed E-state index contributed by atoms with van der Waals surface area (Å²) in [6, 6.07) is 10.2. The van der Waals surface area contributed by atoms with Crippen LogP contribution in [0, 0.1) is 0 Å². The van der Waals surface area contributed by atoms with Gasteiger partial charge < -0.3 is 0 Å². The van der Waals surface area contributed by atoms with E-state index in [1.165, 1.54) is 4.90 Å². The Balaban J connectivity index is -0.000000213. The second kappa shape index (κ2) is 9.84. The van der Waals surface area contributed by atoms with Crippen molar-refractivity contribution in [2.45, 2.75) is 4.90 Å². The van der Waals surface area contributed by atoms with Gasteiger partial charge in [-0.25, -0.2) is 0 Å². The molecule has 0 atom stereocenters. The van der Waals surface area contributed by atoms with Crippen LogP contribution in [0.2, 0.25) is 0 Å². The molecule has 1 rings (SSSR count). The maximum atomic E-state index is 3.27. The molecule has 0 bridgehead atoms. The van der Waals surface area contributed by atoms with Gasteiger partial charge in [0.15, 0.2) is 0 Å². The van der Waals surface area contributed by atoms with Gasteiger partial charge in [-0.05, 0) is 37.1 Å². The van der Waals surface area contributed by atoms with Crippen LogP contribution in [-0.4, -0.2) is 0 Å². The molecule has 0 spiro atoms. The van der Waals surface area contributed by atoms with E-state index < -0.39 is 0 Å². The normalized spacial score (nSPS) is 6.64. The molecular weight excluding hydrogens is 241 g/mol. The molecule has 0 heterocycles. The monoisotopic (exact) mass is 248 g/mol. The molecular formula is C6H8BrF3S. The minimum atomic E-state index is 0. The van der Waals surface area contributed by atoms with Crippen molar-refractivity contribution in [3.8, 4) is 0 Å². The summed E-state index contributed by atoms with van der Waals surface area (Å²) in [5, 5.41) is 0. The minimum absolute atomic E-state index is 0. The molecule has 5 heteroatoms. The summed E-state index contributed by atoms with van der Waals surface area (Å²) >= 11 is 3.27. The lowest BCUT2D eigenvalue weighted by Gasteiger charge is -1.87. The molecule has 66 valence electrons. The van der Waals surface area contributed by atoms with Gasteiger partial charge in [0, 0.05) is 4.90 Å². The van der Waals surface area contributed by atoms with E-state index in [0.29, 0.717) is 0 Å².